The predicted molar refractivity (Wildman–Crippen MR) is 185 cm³/mol. The summed E-state index contributed by atoms with van der Waals surface area (Å²) >= 11 is 0. The monoisotopic (exact) mass is 611 g/mol. The summed E-state index contributed by atoms with van der Waals surface area (Å²) in [4.78, 5) is 46.4. The number of piperazine rings is 1. The summed E-state index contributed by atoms with van der Waals surface area (Å²) in [5.41, 5.74) is 4.58. The number of aromatic nitrogens is 2. The number of H-pyrrole nitrogens is 1. The van der Waals surface area contributed by atoms with Gasteiger partial charge in [-0.25, -0.2) is 0 Å². The van der Waals surface area contributed by atoms with Gasteiger partial charge in [-0.1, -0.05) is 72.8 Å². The molecule has 0 radical (unpaired) electrons. The van der Waals surface area contributed by atoms with Gasteiger partial charge in [0.05, 0.1) is 0 Å². The SMILES string of the molecule is Cn1c(=O)/c(=C/c2ccc(C(=O)Nc3ccc(CCN4CCN(c5ccccc5)CC4)cc3)cc2)[nH]c(=O)/c1=C/c1ccccc1. The van der Waals surface area contributed by atoms with E-state index in [1.54, 1.807) is 43.5 Å². The summed E-state index contributed by atoms with van der Waals surface area (Å²) in [6.45, 7) is 5.18. The molecule has 8 nitrogen and oxygen atoms in total. The molecule has 1 aliphatic heterocycles. The van der Waals surface area contributed by atoms with Crippen molar-refractivity contribution in [2.24, 2.45) is 7.05 Å². The lowest BCUT2D eigenvalue weighted by atomic mass is 10.1. The largest absolute Gasteiger partial charge is 0.369 e. The molecule has 1 fully saturated rings. The average molecular weight is 612 g/mol. The Balaban J connectivity index is 1.04. The van der Waals surface area contributed by atoms with Crippen LogP contribution in [-0.4, -0.2) is 53.1 Å². The Kier molecular flexibility index (Phi) is 9.36. The lowest BCUT2D eigenvalue weighted by molar-refractivity contribution is 0.102. The van der Waals surface area contributed by atoms with Gasteiger partial charge in [-0.3, -0.25) is 19.3 Å². The molecular formula is C38H37N5O3. The minimum Gasteiger partial charge on any atom is -0.369 e. The van der Waals surface area contributed by atoms with Crippen molar-refractivity contribution in [3.05, 3.63) is 163 Å². The van der Waals surface area contributed by atoms with Crippen LogP contribution in [0.15, 0.2) is 119 Å². The molecular weight excluding hydrogens is 574 g/mol. The van der Waals surface area contributed by atoms with Crippen molar-refractivity contribution in [3.8, 4) is 0 Å². The highest BCUT2D eigenvalue weighted by Crippen LogP contribution is 2.17. The number of carbonyl (C=O) groups is 1. The summed E-state index contributed by atoms with van der Waals surface area (Å²) in [7, 11) is 1.58. The maximum absolute atomic E-state index is 13.0. The predicted octanol–water partition coefficient (Wildman–Crippen LogP) is 3.35. The number of amides is 1. The third kappa shape index (κ3) is 7.42. The second-order valence-corrected chi connectivity index (χ2v) is 11.5. The van der Waals surface area contributed by atoms with E-state index in [2.05, 4.69) is 62.6 Å². The Morgan fingerprint density at radius 2 is 1.39 bits per heavy atom. The van der Waals surface area contributed by atoms with Crippen LogP contribution in [-0.2, 0) is 13.5 Å². The average Bonchev–Trinajstić information content (AvgIpc) is 3.10. The fourth-order valence-electron chi connectivity index (χ4n) is 5.66. The molecule has 0 saturated carbocycles. The Morgan fingerprint density at radius 1 is 0.761 bits per heavy atom. The highest BCUT2D eigenvalue weighted by Gasteiger charge is 2.16. The molecule has 2 N–H and O–H groups in total. The zero-order valence-corrected chi connectivity index (χ0v) is 25.9. The lowest BCUT2D eigenvalue weighted by Gasteiger charge is -2.36. The number of carbonyl (C=O) groups excluding carboxylic acids is 1. The van der Waals surface area contributed by atoms with Gasteiger partial charge in [-0.15, -0.1) is 0 Å². The quantitative estimate of drug-likeness (QED) is 0.281. The molecule has 46 heavy (non-hydrogen) atoms. The standard InChI is InChI=1S/C38H37N5O3/c1-41-35(27-29-8-4-2-5-9-29)37(45)40-34(38(41)46)26-30-12-16-31(17-13-30)36(44)39-32-18-14-28(15-19-32)20-21-42-22-24-43(25-23-42)33-10-6-3-7-11-33/h2-19,26-27H,20-25H2,1H3,(H,39,44)(H,40,45)/b34-26-,35-27-. The van der Waals surface area contributed by atoms with Crippen LogP contribution in [0.5, 0.6) is 0 Å². The van der Waals surface area contributed by atoms with E-state index in [9.17, 15) is 14.4 Å². The number of hydrogen-bond acceptors (Lipinski definition) is 5. The van der Waals surface area contributed by atoms with Crippen molar-refractivity contribution in [1.82, 2.24) is 14.5 Å². The Bertz CT molecular complexity index is 2030. The summed E-state index contributed by atoms with van der Waals surface area (Å²) in [6, 6.07) is 34.9. The summed E-state index contributed by atoms with van der Waals surface area (Å²) in [5.74, 6) is -0.222. The molecule has 232 valence electrons. The number of nitrogens with one attached hydrogen (secondary N) is 2. The van der Waals surface area contributed by atoms with Gasteiger partial charge in [0.25, 0.3) is 17.0 Å². The van der Waals surface area contributed by atoms with Gasteiger partial charge in [0.15, 0.2) is 0 Å². The molecule has 0 spiro atoms. The number of hydrogen-bond donors (Lipinski definition) is 2. The number of rotatable bonds is 8. The summed E-state index contributed by atoms with van der Waals surface area (Å²) in [6.07, 6.45) is 4.25. The number of para-hydroxylation sites is 1. The van der Waals surface area contributed by atoms with Crippen LogP contribution < -0.4 is 32.0 Å². The van der Waals surface area contributed by atoms with Crippen molar-refractivity contribution in [1.29, 1.82) is 0 Å². The molecule has 8 heteroatoms. The van der Waals surface area contributed by atoms with Gasteiger partial charge in [0.1, 0.15) is 10.7 Å². The van der Waals surface area contributed by atoms with Crippen molar-refractivity contribution < 1.29 is 4.79 Å². The van der Waals surface area contributed by atoms with Gasteiger partial charge >= 0.3 is 0 Å². The minimum atomic E-state index is -0.360. The zero-order chi connectivity index (χ0) is 31.9. The van der Waals surface area contributed by atoms with E-state index >= 15 is 0 Å². The zero-order valence-electron chi connectivity index (χ0n) is 25.9. The molecule has 5 aromatic rings. The molecule has 1 saturated heterocycles. The molecule has 6 rings (SSSR count). The van der Waals surface area contributed by atoms with Gasteiger partial charge < -0.3 is 19.8 Å². The normalized spacial score (nSPS) is 14.4. The van der Waals surface area contributed by atoms with Gasteiger partial charge in [0.2, 0.25) is 0 Å². The lowest BCUT2D eigenvalue weighted by Crippen LogP contribution is -2.52. The van der Waals surface area contributed by atoms with Gasteiger partial charge in [-0.05, 0) is 71.7 Å². The second-order valence-electron chi connectivity index (χ2n) is 11.5. The maximum Gasteiger partial charge on any atom is 0.274 e. The molecule has 2 heterocycles. The molecule has 1 aliphatic rings. The minimum absolute atomic E-state index is 0.171. The number of nitrogens with zero attached hydrogens (tertiary/aromatic N) is 3. The number of anilines is 2. The van der Waals surface area contributed by atoms with Crippen LogP contribution in [0.4, 0.5) is 11.4 Å². The molecule has 0 atom stereocenters. The number of benzene rings is 4. The molecule has 0 bridgehead atoms. The van der Waals surface area contributed by atoms with Crippen LogP contribution >= 0.6 is 0 Å². The van der Waals surface area contributed by atoms with E-state index in [-0.39, 0.29) is 27.7 Å². The first-order chi connectivity index (χ1) is 22.4. The van der Waals surface area contributed by atoms with E-state index in [4.69, 9.17) is 0 Å². The molecule has 1 amide bonds. The van der Waals surface area contributed by atoms with Crippen LogP contribution in [0.25, 0.3) is 12.2 Å². The fraction of sp³-hybridized carbons (Fsp3) is 0.184. The third-order valence-corrected chi connectivity index (χ3v) is 8.39. The van der Waals surface area contributed by atoms with Crippen LogP contribution in [0.2, 0.25) is 0 Å². The molecule has 0 unspecified atom stereocenters. The number of aromatic amines is 1. The van der Waals surface area contributed by atoms with E-state index in [1.165, 1.54) is 15.8 Å². The molecule has 0 aliphatic carbocycles. The van der Waals surface area contributed by atoms with Crippen molar-refractivity contribution >= 4 is 29.4 Å². The fourth-order valence-corrected chi connectivity index (χ4v) is 5.66. The Hall–Kier alpha value is -5.47. The van der Waals surface area contributed by atoms with Crippen LogP contribution in [0, 0.1) is 0 Å². The highest BCUT2D eigenvalue weighted by atomic mass is 16.2. The first kappa shape index (κ1) is 30.6. The maximum atomic E-state index is 13.0. The Labute approximate surface area is 267 Å². The van der Waals surface area contributed by atoms with Gasteiger partial charge in [-0.2, -0.15) is 0 Å². The first-order valence-electron chi connectivity index (χ1n) is 15.5. The molecule has 1 aromatic heterocycles. The van der Waals surface area contributed by atoms with Crippen molar-refractivity contribution in [2.45, 2.75) is 6.42 Å². The van der Waals surface area contributed by atoms with Crippen molar-refractivity contribution in [2.75, 3.05) is 42.9 Å². The van der Waals surface area contributed by atoms with E-state index in [0.717, 1.165) is 50.4 Å². The third-order valence-electron chi connectivity index (χ3n) is 8.39. The van der Waals surface area contributed by atoms with E-state index in [0.29, 0.717) is 11.1 Å². The van der Waals surface area contributed by atoms with E-state index in [1.807, 2.05) is 42.5 Å². The molecule has 4 aromatic carbocycles. The smallest absolute Gasteiger partial charge is 0.274 e. The topological polar surface area (TPSA) is 90.4 Å². The highest BCUT2D eigenvalue weighted by molar-refractivity contribution is 6.04. The van der Waals surface area contributed by atoms with E-state index < -0.39 is 0 Å². The van der Waals surface area contributed by atoms with Crippen molar-refractivity contribution in [3.63, 3.8) is 0 Å². The first-order valence-corrected chi connectivity index (χ1v) is 15.5. The van der Waals surface area contributed by atoms with Crippen LogP contribution in [0.3, 0.4) is 0 Å². The second kappa shape index (κ2) is 14.1. The summed E-state index contributed by atoms with van der Waals surface area (Å²) in [5, 5.41) is 3.40. The van der Waals surface area contributed by atoms with Gasteiger partial charge in [0, 0.05) is 56.7 Å². The summed E-state index contributed by atoms with van der Waals surface area (Å²) < 4.78 is 1.35. The van der Waals surface area contributed by atoms with Crippen LogP contribution in [0.1, 0.15) is 27.0 Å². The Morgan fingerprint density at radius 3 is 2.07 bits per heavy atom.